The molecule has 0 amide bonds. The number of hydrogen-bond donors (Lipinski definition) is 2. The van der Waals surface area contributed by atoms with E-state index in [1.807, 2.05) is 6.92 Å². The highest BCUT2D eigenvalue weighted by atomic mass is 32.1. The first kappa shape index (κ1) is 37.8. The maximum atomic E-state index is 12.2. The Bertz CT molecular complexity index is 579. The van der Waals surface area contributed by atoms with Gasteiger partial charge in [0.2, 0.25) is 0 Å². The minimum atomic E-state index is -2.53. The third-order valence-corrected chi connectivity index (χ3v) is 7.85. The standard InChI is InChI=1S/C30H59O6PS/c1-6-9-11-13-15-17-19-21-23-26(22-20-18-16-14-12-10-7-2)24-28(38)35-27(8-3)36-30(32,37-33)29(31)34-25(4)5/h25-28,32,38H,6-24H2,1-5H3/p+1. The summed E-state index contributed by atoms with van der Waals surface area (Å²) in [6, 6.07) is 0. The summed E-state index contributed by atoms with van der Waals surface area (Å²) in [5.74, 6) is -0.554. The number of unbranched alkanes of at least 4 members (excludes halogenated alkanes) is 13. The summed E-state index contributed by atoms with van der Waals surface area (Å²) in [6.45, 7) is 9.63. The fourth-order valence-electron chi connectivity index (χ4n) is 4.66. The van der Waals surface area contributed by atoms with Crippen LogP contribution in [0.2, 0.25) is 0 Å². The van der Waals surface area contributed by atoms with Crippen LogP contribution >= 0.6 is 21.1 Å². The summed E-state index contributed by atoms with van der Waals surface area (Å²) in [7, 11) is -1.43. The molecule has 0 saturated heterocycles. The Balaban J connectivity index is 4.79. The molecule has 5 atom stereocenters. The lowest BCUT2D eigenvalue weighted by Crippen LogP contribution is -2.42. The first-order chi connectivity index (χ1) is 18.2. The van der Waals surface area contributed by atoms with Gasteiger partial charge in [0.1, 0.15) is 5.44 Å². The van der Waals surface area contributed by atoms with Crippen LogP contribution in [0.3, 0.4) is 0 Å². The predicted octanol–water partition coefficient (Wildman–Crippen LogP) is 9.31. The minimum absolute atomic E-state index is 0.374. The Morgan fingerprint density at radius 3 is 1.66 bits per heavy atom. The first-order valence-corrected chi connectivity index (χ1v) is 17.0. The summed E-state index contributed by atoms with van der Waals surface area (Å²) >= 11 is 4.69. The quantitative estimate of drug-likeness (QED) is 0.0332. The number of carbonyl (C=O) groups is 1. The van der Waals surface area contributed by atoms with Gasteiger partial charge >= 0.3 is 20.0 Å². The second-order valence-electron chi connectivity index (χ2n) is 11.0. The lowest BCUT2D eigenvalue weighted by atomic mass is 9.91. The van der Waals surface area contributed by atoms with E-state index in [2.05, 4.69) is 26.5 Å². The van der Waals surface area contributed by atoms with Crippen molar-refractivity contribution in [2.75, 3.05) is 0 Å². The number of carbonyl (C=O) groups excluding carboxylic acids is 1. The molecule has 1 N–H and O–H groups in total. The largest absolute Gasteiger partial charge is 0.472 e. The van der Waals surface area contributed by atoms with E-state index in [-0.39, 0.29) is 0 Å². The van der Waals surface area contributed by atoms with Crippen LogP contribution in [0.15, 0.2) is 0 Å². The summed E-state index contributed by atoms with van der Waals surface area (Å²) < 4.78 is 28.1. The highest BCUT2D eigenvalue weighted by Crippen LogP contribution is 2.30. The van der Waals surface area contributed by atoms with Crippen molar-refractivity contribution in [2.24, 2.45) is 5.92 Å². The van der Waals surface area contributed by atoms with Crippen LogP contribution in [-0.2, 0) is 23.6 Å². The average Bonchev–Trinajstić information content (AvgIpc) is 2.88. The molecule has 0 aromatic carbocycles. The number of esters is 1. The van der Waals surface area contributed by atoms with Crippen LogP contribution in [0.5, 0.6) is 0 Å². The van der Waals surface area contributed by atoms with E-state index in [1.54, 1.807) is 13.8 Å². The van der Waals surface area contributed by atoms with Gasteiger partial charge in [-0.1, -0.05) is 134 Å². The molecule has 0 fully saturated rings. The molecule has 0 spiro atoms. The van der Waals surface area contributed by atoms with Gasteiger partial charge in [-0.05, 0) is 32.6 Å². The molecule has 0 rings (SSSR count). The molecule has 0 radical (unpaired) electrons. The topological polar surface area (TPSA) is 82.1 Å². The maximum absolute atomic E-state index is 12.2. The molecule has 0 bridgehead atoms. The molecular formula is C30H60O6PS+. The molecule has 0 aliphatic rings. The Morgan fingerprint density at radius 1 is 0.816 bits per heavy atom. The molecule has 0 heterocycles. The monoisotopic (exact) mass is 579 g/mol. The Kier molecular flexibility index (Phi) is 24.5. The van der Waals surface area contributed by atoms with E-state index in [0.717, 1.165) is 19.3 Å². The summed E-state index contributed by atoms with van der Waals surface area (Å²) in [6.07, 6.45) is 21.6. The van der Waals surface area contributed by atoms with E-state index >= 15 is 0 Å². The number of thiol groups is 1. The zero-order valence-electron chi connectivity index (χ0n) is 25.2. The molecule has 0 aliphatic heterocycles. The van der Waals surface area contributed by atoms with Gasteiger partial charge in [0.05, 0.1) is 6.10 Å². The van der Waals surface area contributed by atoms with Gasteiger partial charge in [0, 0.05) is 0 Å². The Morgan fingerprint density at radius 2 is 1.26 bits per heavy atom. The van der Waals surface area contributed by atoms with E-state index in [9.17, 15) is 14.5 Å². The van der Waals surface area contributed by atoms with Crippen LogP contribution in [-0.4, -0.2) is 34.4 Å². The zero-order valence-corrected chi connectivity index (χ0v) is 27.1. The number of rotatable bonds is 27. The lowest BCUT2D eigenvalue weighted by molar-refractivity contribution is -0.260. The van der Waals surface area contributed by atoms with E-state index < -0.39 is 37.8 Å². The van der Waals surface area contributed by atoms with Gasteiger partial charge < -0.3 is 14.6 Å². The molecule has 0 aliphatic carbocycles. The van der Waals surface area contributed by atoms with Crippen molar-refractivity contribution in [1.29, 1.82) is 0 Å². The van der Waals surface area contributed by atoms with Crippen molar-refractivity contribution in [3.63, 3.8) is 0 Å². The van der Waals surface area contributed by atoms with Crippen molar-refractivity contribution in [3.8, 4) is 0 Å². The van der Waals surface area contributed by atoms with Crippen LogP contribution < -0.4 is 0 Å². The number of hydrogen-bond acceptors (Lipinski definition) is 7. The van der Waals surface area contributed by atoms with Crippen LogP contribution in [0, 0.1) is 5.92 Å². The van der Waals surface area contributed by atoms with Crippen LogP contribution in [0.4, 0.5) is 0 Å². The lowest BCUT2D eigenvalue weighted by Gasteiger charge is -2.26. The van der Waals surface area contributed by atoms with Gasteiger partial charge in [0.25, 0.3) is 0 Å². The van der Waals surface area contributed by atoms with Crippen molar-refractivity contribution in [3.05, 3.63) is 0 Å². The van der Waals surface area contributed by atoms with Crippen molar-refractivity contribution < 1.29 is 28.7 Å². The predicted molar refractivity (Wildman–Crippen MR) is 162 cm³/mol. The fourth-order valence-corrected chi connectivity index (χ4v) is 5.41. The Labute approximate surface area is 241 Å². The SMILES string of the molecule is CCCCCCCCCCC(CCCCCCCCC)CC(S)OC(CC)OC(O)([PH+]=O)C(=O)OC(C)C. The van der Waals surface area contributed by atoms with E-state index in [1.165, 1.54) is 96.3 Å². The second kappa shape index (κ2) is 24.6. The van der Waals surface area contributed by atoms with E-state index in [0.29, 0.717) is 12.3 Å². The fraction of sp³-hybridized carbons (Fsp3) is 0.967. The molecule has 0 aromatic rings. The summed E-state index contributed by atoms with van der Waals surface area (Å²) in [5.41, 5.74) is -2.93. The number of ether oxygens (including phenoxy) is 3. The van der Waals surface area contributed by atoms with E-state index in [4.69, 9.17) is 14.2 Å². The van der Waals surface area contributed by atoms with Gasteiger partial charge in [-0.15, -0.1) is 12.6 Å². The molecular weight excluding hydrogens is 519 g/mol. The summed E-state index contributed by atoms with van der Waals surface area (Å²) in [4.78, 5) is 12.2. The second-order valence-corrected chi connectivity index (χ2v) is 12.5. The Hall–Kier alpha value is -0.200. The molecule has 8 heteroatoms. The number of aliphatic hydroxyl groups is 1. The van der Waals surface area contributed by atoms with Crippen LogP contribution in [0.1, 0.15) is 157 Å². The first-order valence-electron chi connectivity index (χ1n) is 15.6. The highest BCUT2D eigenvalue weighted by Gasteiger charge is 2.52. The van der Waals surface area contributed by atoms with Gasteiger partial charge in [-0.2, -0.15) is 0 Å². The third-order valence-electron chi connectivity index (χ3n) is 6.92. The smallest absolute Gasteiger partial charge is 0.455 e. The average molecular weight is 580 g/mol. The van der Waals surface area contributed by atoms with Crippen molar-refractivity contribution in [2.45, 2.75) is 180 Å². The molecule has 0 saturated carbocycles. The van der Waals surface area contributed by atoms with Crippen molar-refractivity contribution in [1.82, 2.24) is 0 Å². The highest BCUT2D eigenvalue weighted by molar-refractivity contribution is 7.80. The van der Waals surface area contributed by atoms with Gasteiger partial charge in [-0.3, -0.25) is 4.74 Å². The zero-order chi connectivity index (χ0) is 28.7. The van der Waals surface area contributed by atoms with Crippen LogP contribution in [0.25, 0.3) is 0 Å². The normalized spacial score (nSPS) is 15.9. The maximum Gasteiger partial charge on any atom is 0.472 e. The molecule has 5 unspecified atom stereocenters. The molecule has 0 aromatic heterocycles. The van der Waals surface area contributed by atoms with Gasteiger partial charge in [0.15, 0.2) is 6.29 Å². The molecule has 6 nitrogen and oxygen atoms in total. The summed E-state index contributed by atoms with van der Waals surface area (Å²) in [5, 5.41) is 10.5. The third kappa shape index (κ3) is 19.8. The molecule has 38 heavy (non-hydrogen) atoms. The van der Waals surface area contributed by atoms with Crippen molar-refractivity contribution >= 4 is 27.1 Å². The molecule has 226 valence electrons. The van der Waals surface area contributed by atoms with Gasteiger partial charge in [-0.25, -0.2) is 4.79 Å². The minimum Gasteiger partial charge on any atom is -0.455 e.